The molecule has 0 spiro atoms. The Hall–Kier alpha value is -4.08. The van der Waals surface area contributed by atoms with Gasteiger partial charge in [-0.15, -0.1) is 0 Å². The molecule has 10 nitrogen and oxygen atoms in total. The van der Waals surface area contributed by atoms with E-state index in [2.05, 4.69) is 5.10 Å². The van der Waals surface area contributed by atoms with Gasteiger partial charge in [-0.25, -0.2) is 9.69 Å². The molecular weight excluding hydrogens is 392 g/mol. The smallest absolute Gasteiger partial charge is 0.355 e. The van der Waals surface area contributed by atoms with E-state index in [1.54, 1.807) is 37.3 Å². The topological polar surface area (TPSA) is 122 Å². The highest BCUT2D eigenvalue weighted by molar-refractivity contribution is 6.47. The number of imide groups is 1. The van der Waals surface area contributed by atoms with Crippen LogP contribution in [-0.4, -0.2) is 41.1 Å². The number of fused-ring (bicyclic) bond motifs is 1. The van der Waals surface area contributed by atoms with Gasteiger partial charge in [-0.1, -0.05) is 30.3 Å². The van der Waals surface area contributed by atoms with Crippen molar-refractivity contribution in [2.45, 2.75) is 13.0 Å². The van der Waals surface area contributed by atoms with Gasteiger partial charge in [0.25, 0.3) is 11.6 Å². The van der Waals surface area contributed by atoms with Crippen molar-refractivity contribution in [2.75, 3.05) is 16.5 Å². The molecule has 2 aliphatic rings. The summed E-state index contributed by atoms with van der Waals surface area (Å²) in [6.45, 7) is 1.68. The number of carbonyl (C=O) groups excluding carboxylic acids is 3. The minimum Gasteiger partial charge on any atom is -0.461 e. The van der Waals surface area contributed by atoms with Crippen molar-refractivity contribution >= 4 is 40.6 Å². The number of nitro groups is 1. The summed E-state index contributed by atoms with van der Waals surface area (Å²) in [6, 6.07) is 12.9. The van der Waals surface area contributed by atoms with Crippen LogP contribution in [0.4, 0.5) is 17.1 Å². The highest BCUT2D eigenvalue weighted by Gasteiger charge is 2.59. The third kappa shape index (κ3) is 2.89. The van der Waals surface area contributed by atoms with Crippen molar-refractivity contribution in [3.63, 3.8) is 0 Å². The van der Waals surface area contributed by atoms with Gasteiger partial charge in [0, 0.05) is 6.07 Å². The third-order valence-electron chi connectivity index (χ3n) is 4.87. The van der Waals surface area contributed by atoms with Crippen LogP contribution in [0.3, 0.4) is 0 Å². The number of hydrazone groups is 1. The maximum Gasteiger partial charge on any atom is 0.355 e. The Morgan fingerprint density at radius 3 is 2.43 bits per heavy atom. The molecule has 0 bridgehead atoms. The largest absolute Gasteiger partial charge is 0.461 e. The average Bonchev–Trinajstić information content (AvgIpc) is 3.26. The molecule has 2 aliphatic heterocycles. The van der Waals surface area contributed by atoms with Gasteiger partial charge in [-0.2, -0.15) is 5.10 Å². The summed E-state index contributed by atoms with van der Waals surface area (Å²) in [5.74, 6) is -3.50. The summed E-state index contributed by atoms with van der Waals surface area (Å²) in [6.07, 6.45) is 0. The molecule has 0 radical (unpaired) electrons. The number of nitro benzene ring substituents is 1. The Morgan fingerprint density at radius 2 is 1.77 bits per heavy atom. The second kappa shape index (κ2) is 7.39. The molecule has 152 valence electrons. The second-order valence-corrected chi connectivity index (χ2v) is 6.57. The van der Waals surface area contributed by atoms with Gasteiger partial charge < -0.3 is 4.74 Å². The van der Waals surface area contributed by atoms with Gasteiger partial charge >= 0.3 is 5.97 Å². The maximum atomic E-state index is 13.3. The average molecular weight is 408 g/mol. The van der Waals surface area contributed by atoms with E-state index in [0.717, 1.165) is 4.90 Å². The molecule has 0 aromatic heterocycles. The number of nitrogens with zero attached hydrogens (tertiary/aromatic N) is 4. The van der Waals surface area contributed by atoms with E-state index in [9.17, 15) is 24.5 Å². The molecule has 0 unspecified atom stereocenters. The molecule has 0 aliphatic carbocycles. The minimum atomic E-state index is -1.23. The number of para-hydroxylation sites is 3. The second-order valence-electron chi connectivity index (χ2n) is 6.57. The standard InChI is InChI=1S/C20H16N4O6/c1-2-30-20(27)16-15-17(23(21-16)12-8-4-3-5-9-12)19(26)22(18(15)25)13-10-6-7-11-14(13)24(28)29/h3-11,15,17H,2H2,1H3/t15-,17+/m0/s1. The molecule has 30 heavy (non-hydrogen) atoms. The normalized spacial score (nSPS) is 20.2. The molecule has 2 amide bonds. The number of benzene rings is 2. The highest BCUT2D eigenvalue weighted by atomic mass is 16.6. The summed E-state index contributed by atoms with van der Waals surface area (Å²) in [7, 11) is 0. The first-order valence-electron chi connectivity index (χ1n) is 9.16. The van der Waals surface area contributed by atoms with E-state index in [1.165, 1.54) is 29.3 Å². The van der Waals surface area contributed by atoms with E-state index in [0.29, 0.717) is 5.69 Å². The maximum absolute atomic E-state index is 13.3. The lowest BCUT2D eigenvalue weighted by Gasteiger charge is -2.21. The zero-order chi connectivity index (χ0) is 21.4. The summed E-state index contributed by atoms with van der Waals surface area (Å²) >= 11 is 0. The SMILES string of the molecule is CCOC(=O)C1=NN(c2ccccc2)[C@H]2C(=O)N(c3ccccc3[N+](=O)[O-])C(=O)[C@@H]12. The fourth-order valence-electron chi connectivity index (χ4n) is 3.63. The van der Waals surface area contributed by atoms with E-state index >= 15 is 0 Å². The molecule has 4 rings (SSSR count). The van der Waals surface area contributed by atoms with Gasteiger partial charge in [0.2, 0.25) is 5.91 Å². The number of ether oxygens (including phenoxy) is 1. The van der Waals surface area contributed by atoms with Crippen molar-refractivity contribution < 1.29 is 24.0 Å². The number of hydrogen-bond acceptors (Lipinski definition) is 8. The van der Waals surface area contributed by atoms with Crippen molar-refractivity contribution in [1.29, 1.82) is 0 Å². The Balaban J connectivity index is 1.83. The van der Waals surface area contributed by atoms with E-state index in [-0.39, 0.29) is 23.7 Å². The predicted molar refractivity (Wildman–Crippen MR) is 106 cm³/mol. The van der Waals surface area contributed by atoms with Gasteiger partial charge in [-0.05, 0) is 25.1 Å². The van der Waals surface area contributed by atoms with E-state index < -0.39 is 34.7 Å². The molecule has 2 atom stereocenters. The molecule has 2 heterocycles. The van der Waals surface area contributed by atoms with Gasteiger partial charge in [-0.3, -0.25) is 24.7 Å². The summed E-state index contributed by atoms with van der Waals surface area (Å²) in [4.78, 5) is 50.5. The summed E-state index contributed by atoms with van der Waals surface area (Å²) < 4.78 is 5.02. The van der Waals surface area contributed by atoms with E-state index in [4.69, 9.17) is 4.74 Å². The number of esters is 1. The fraction of sp³-hybridized carbons (Fsp3) is 0.200. The molecule has 0 saturated carbocycles. The molecule has 10 heteroatoms. The number of rotatable bonds is 5. The molecule has 1 fully saturated rings. The van der Waals surface area contributed by atoms with Crippen LogP contribution in [-0.2, 0) is 19.1 Å². The number of anilines is 2. The van der Waals surface area contributed by atoms with Crippen LogP contribution in [0, 0.1) is 16.0 Å². The van der Waals surface area contributed by atoms with Crippen LogP contribution < -0.4 is 9.91 Å². The number of hydrogen-bond donors (Lipinski definition) is 0. The molecule has 2 aromatic carbocycles. The molecule has 1 saturated heterocycles. The number of carbonyl (C=O) groups is 3. The highest BCUT2D eigenvalue weighted by Crippen LogP contribution is 2.40. The fourth-order valence-corrected chi connectivity index (χ4v) is 3.63. The van der Waals surface area contributed by atoms with Crippen LogP contribution in [0.5, 0.6) is 0 Å². The predicted octanol–water partition coefficient (Wildman–Crippen LogP) is 1.89. The lowest BCUT2D eigenvalue weighted by atomic mass is 9.98. The lowest BCUT2D eigenvalue weighted by molar-refractivity contribution is -0.384. The van der Waals surface area contributed by atoms with Gasteiger partial charge in [0.1, 0.15) is 17.6 Å². The first-order valence-corrected chi connectivity index (χ1v) is 9.16. The van der Waals surface area contributed by atoms with Gasteiger partial charge in [0.15, 0.2) is 5.71 Å². The van der Waals surface area contributed by atoms with Crippen LogP contribution in [0.2, 0.25) is 0 Å². The lowest BCUT2D eigenvalue weighted by Crippen LogP contribution is -2.39. The Bertz CT molecular complexity index is 1080. The van der Waals surface area contributed by atoms with Crippen LogP contribution in [0.25, 0.3) is 0 Å². The van der Waals surface area contributed by atoms with E-state index in [1.807, 2.05) is 0 Å². The third-order valence-corrected chi connectivity index (χ3v) is 4.87. The van der Waals surface area contributed by atoms with Crippen LogP contribution in [0.15, 0.2) is 59.7 Å². The zero-order valence-corrected chi connectivity index (χ0v) is 15.8. The monoisotopic (exact) mass is 408 g/mol. The minimum absolute atomic E-state index is 0.0661. The van der Waals surface area contributed by atoms with Crippen molar-refractivity contribution in [3.8, 4) is 0 Å². The Kier molecular flexibility index (Phi) is 4.74. The zero-order valence-electron chi connectivity index (χ0n) is 15.8. The first-order chi connectivity index (χ1) is 14.5. The molecular formula is C20H16N4O6. The molecule has 0 N–H and O–H groups in total. The Morgan fingerprint density at radius 1 is 1.10 bits per heavy atom. The van der Waals surface area contributed by atoms with Crippen LogP contribution >= 0.6 is 0 Å². The summed E-state index contributed by atoms with van der Waals surface area (Å²) in [5.41, 5.74) is -0.245. The Labute approximate surface area is 170 Å². The van der Waals surface area contributed by atoms with Crippen molar-refractivity contribution in [3.05, 3.63) is 64.7 Å². The molecule has 2 aromatic rings. The van der Waals surface area contributed by atoms with Gasteiger partial charge in [0.05, 0.1) is 17.2 Å². The van der Waals surface area contributed by atoms with Crippen molar-refractivity contribution in [1.82, 2.24) is 0 Å². The quantitative estimate of drug-likeness (QED) is 0.320. The summed E-state index contributed by atoms with van der Waals surface area (Å²) in [5, 5.41) is 16.9. The number of amides is 2. The van der Waals surface area contributed by atoms with Crippen LogP contribution in [0.1, 0.15) is 6.92 Å². The first kappa shape index (κ1) is 19.2. The van der Waals surface area contributed by atoms with Crippen molar-refractivity contribution in [2.24, 2.45) is 11.0 Å².